The molecule has 0 aromatic heterocycles. The zero-order valence-corrected chi connectivity index (χ0v) is 19.2. The lowest BCUT2D eigenvalue weighted by Crippen LogP contribution is -2.50. The highest BCUT2D eigenvalue weighted by Crippen LogP contribution is 2.68. The largest absolute Gasteiger partial charge is 0.365 e. The second-order valence-corrected chi connectivity index (χ2v) is 12.4. The first kappa shape index (κ1) is 19.7. The van der Waals surface area contributed by atoms with E-state index >= 15 is 0 Å². The van der Waals surface area contributed by atoms with E-state index in [1.165, 1.54) is 64.2 Å². The van der Waals surface area contributed by atoms with Crippen molar-refractivity contribution < 1.29 is 4.74 Å². The van der Waals surface area contributed by atoms with Crippen LogP contribution in [0.15, 0.2) is 11.6 Å². The zero-order valence-electron chi connectivity index (χ0n) is 19.2. The number of fused-ring (bicyclic) bond motifs is 7. The number of ether oxygens (including phenoxy) is 1. The van der Waals surface area contributed by atoms with Crippen LogP contribution >= 0.6 is 0 Å². The molecule has 28 heavy (non-hydrogen) atoms. The van der Waals surface area contributed by atoms with E-state index in [1.54, 1.807) is 5.57 Å². The van der Waals surface area contributed by atoms with Crippen LogP contribution in [-0.4, -0.2) is 12.2 Å². The highest BCUT2D eigenvalue weighted by molar-refractivity contribution is 5.32. The van der Waals surface area contributed by atoms with Crippen LogP contribution in [0.1, 0.15) is 98.8 Å². The summed E-state index contributed by atoms with van der Waals surface area (Å²) in [6.45, 7) is 12.7. The fourth-order valence-electron chi connectivity index (χ4n) is 8.99. The normalized spacial score (nSPS) is 50.3. The summed E-state index contributed by atoms with van der Waals surface area (Å²) in [7, 11) is 0. The van der Waals surface area contributed by atoms with Gasteiger partial charge in [0.2, 0.25) is 0 Å². The third-order valence-electron chi connectivity index (χ3n) is 10.6. The molecule has 0 aromatic carbocycles. The predicted molar refractivity (Wildman–Crippen MR) is 117 cm³/mol. The van der Waals surface area contributed by atoms with E-state index in [0.717, 1.165) is 35.5 Å². The third kappa shape index (κ3) is 2.89. The first-order chi connectivity index (χ1) is 13.3. The number of hydrogen-bond donors (Lipinski definition) is 0. The maximum Gasteiger partial charge on any atom is 0.106 e. The van der Waals surface area contributed by atoms with Crippen LogP contribution in [0.5, 0.6) is 0 Å². The third-order valence-corrected chi connectivity index (χ3v) is 10.6. The smallest absolute Gasteiger partial charge is 0.106 e. The molecule has 0 spiro atoms. The summed E-state index contributed by atoms with van der Waals surface area (Å²) in [5.74, 6) is 5.64. The first-order valence-electron chi connectivity index (χ1n) is 12.7. The van der Waals surface area contributed by atoms with Gasteiger partial charge in [-0.3, -0.25) is 0 Å². The SMILES string of the molecule is CC(C)CCC[C@@H](C)[C@H]1CC[C@H]2[C@@H]3CC=C4[C@@H]5O[C@@H]5CC[C@]4(C)[C@H]3CC[C@]12C. The molecular formula is C27H44O. The van der Waals surface area contributed by atoms with Crippen LogP contribution in [0.25, 0.3) is 0 Å². The summed E-state index contributed by atoms with van der Waals surface area (Å²) in [6.07, 6.45) is 18.2. The van der Waals surface area contributed by atoms with Crippen LogP contribution in [0.4, 0.5) is 0 Å². The van der Waals surface area contributed by atoms with E-state index in [1.807, 2.05) is 0 Å². The second kappa shape index (κ2) is 6.86. The Hall–Kier alpha value is -0.300. The summed E-state index contributed by atoms with van der Waals surface area (Å²) in [4.78, 5) is 0. The molecule has 0 radical (unpaired) electrons. The minimum absolute atomic E-state index is 0.461. The Morgan fingerprint density at radius 1 is 1.00 bits per heavy atom. The molecule has 3 saturated carbocycles. The van der Waals surface area contributed by atoms with Gasteiger partial charge in [0.05, 0.1) is 6.10 Å². The van der Waals surface area contributed by atoms with Gasteiger partial charge in [-0.05, 0) is 96.9 Å². The lowest BCUT2D eigenvalue weighted by molar-refractivity contribution is -0.0486. The molecule has 5 rings (SSSR count). The molecule has 1 nitrogen and oxygen atoms in total. The molecule has 158 valence electrons. The van der Waals surface area contributed by atoms with E-state index in [4.69, 9.17) is 4.74 Å². The molecule has 5 aliphatic rings. The summed E-state index contributed by atoms with van der Waals surface area (Å²) in [6, 6.07) is 0. The van der Waals surface area contributed by atoms with E-state index in [2.05, 4.69) is 40.7 Å². The van der Waals surface area contributed by atoms with Crippen LogP contribution < -0.4 is 0 Å². The monoisotopic (exact) mass is 384 g/mol. The van der Waals surface area contributed by atoms with Crippen molar-refractivity contribution in [3.8, 4) is 0 Å². The van der Waals surface area contributed by atoms with E-state index < -0.39 is 0 Å². The van der Waals surface area contributed by atoms with Crippen LogP contribution in [-0.2, 0) is 4.74 Å². The van der Waals surface area contributed by atoms with Gasteiger partial charge in [-0.15, -0.1) is 0 Å². The van der Waals surface area contributed by atoms with Crippen molar-refractivity contribution in [3.05, 3.63) is 11.6 Å². The average molecular weight is 385 g/mol. The maximum atomic E-state index is 6.03. The molecule has 1 saturated heterocycles. The number of allylic oxidation sites excluding steroid dienone is 1. The average Bonchev–Trinajstić information content (AvgIpc) is 3.34. The second-order valence-electron chi connectivity index (χ2n) is 12.4. The number of hydrogen-bond acceptors (Lipinski definition) is 1. The van der Waals surface area contributed by atoms with Gasteiger partial charge in [0.15, 0.2) is 0 Å². The molecule has 0 N–H and O–H groups in total. The Morgan fingerprint density at radius 3 is 2.61 bits per heavy atom. The molecule has 9 atom stereocenters. The highest BCUT2D eigenvalue weighted by atomic mass is 16.6. The predicted octanol–water partition coefficient (Wildman–Crippen LogP) is 7.41. The summed E-state index contributed by atoms with van der Waals surface area (Å²) >= 11 is 0. The van der Waals surface area contributed by atoms with Crippen molar-refractivity contribution >= 4 is 0 Å². The molecule has 1 heteroatoms. The van der Waals surface area contributed by atoms with E-state index in [0.29, 0.717) is 23.0 Å². The lowest BCUT2D eigenvalue weighted by Gasteiger charge is -2.57. The van der Waals surface area contributed by atoms with Gasteiger partial charge >= 0.3 is 0 Å². The molecule has 4 aliphatic carbocycles. The van der Waals surface area contributed by atoms with Crippen molar-refractivity contribution in [1.82, 2.24) is 0 Å². The summed E-state index contributed by atoms with van der Waals surface area (Å²) < 4.78 is 6.03. The molecule has 1 aliphatic heterocycles. The van der Waals surface area contributed by atoms with Gasteiger partial charge in [0.25, 0.3) is 0 Å². The van der Waals surface area contributed by atoms with Gasteiger partial charge in [-0.1, -0.05) is 60.0 Å². The van der Waals surface area contributed by atoms with Crippen molar-refractivity contribution in [2.24, 2.45) is 46.3 Å². The minimum atomic E-state index is 0.461. The summed E-state index contributed by atoms with van der Waals surface area (Å²) in [5, 5.41) is 0. The number of rotatable bonds is 5. The molecule has 1 heterocycles. The molecule has 4 fully saturated rings. The standard InChI is InChI=1S/C27H44O/c1-17(2)7-6-8-18(3)20-11-12-21-19-9-10-23-25-24(28-25)14-16-27(23,5)22(19)13-15-26(20,21)4/h10,17-22,24-25H,6-9,11-16H2,1-5H3/t18-,19+,20-,21+,22+,24-,25+,26-,27-/m1/s1. The quantitative estimate of drug-likeness (QED) is 0.355. The fraction of sp³-hybridized carbons (Fsp3) is 0.926. The van der Waals surface area contributed by atoms with E-state index in [-0.39, 0.29) is 0 Å². The Labute approximate surface area is 174 Å². The molecule has 0 amide bonds. The number of epoxide rings is 1. The molecule has 0 aromatic rings. The molecule has 0 bridgehead atoms. The van der Waals surface area contributed by atoms with Crippen LogP contribution in [0.2, 0.25) is 0 Å². The Morgan fingerprint density at radius 2 is 1.82 bits per heavy atom. The lowest BCUT2D eigenvalue weighted by atomic mass is 9.47. The fourth-order valence-corrected chi connectivity index (χ4v) is 8.99. The van der Waals surface area contributed by atoms with Gasteiger partial charge in [0.1, 0.15) is 6.10 Å². The van der Waals surface area contributed by atoms with Gasteiger partial charge in [-0.2, -0.15) is 0 Å². The van der Waals surface area contributed by atoms with Gasteiger partial charge < -0.3 is 4.74 Å². The highest BCUT2D eigenvalue weighted by Gasteiger charge is 2.62. The van der Waals surface area contributed by atoms with Crippen molar-refractivity contribution in [3.63, 3.8) is 0 Å². The molecular weight excluding hydrogens is 340 g/mol. The van der Waals surface area contributed by atoms with Gasteiger partial charge in [0, 0.05) is 0 Å². The van der Waals surface area contributed by atoms with E-state index in [9.17, 15) is 0 Å². The topological polar surface area (TPSA) is 12.5 Å². The van der Waals surface area contributed by atoms with Crippen molar-refractivity contribution in [2.45, 2.75) is 111 Å². The molecule has 0 unspecified atom stereocenters. The Balaban J connectivity index is 1.33. The van der Waals surface area contributed by atoms with Crippen molar-refractivity contribution in [2.75, 3.05) is 0 Å². The van der Waals surface area contributed by atoms with Gasteiger partial charge in [-0.25, -0.2) is 0 Å². The van der Waals surface area contributed by atoms with Crippen LogP contribution in [0.3, 0.4) is 0 Å². The Kier molecular flexibility index (Phi) is 4.81. The van der Waals surface area contributed by atoms with Crippen molar-refractivity contribution in [1.29, 1.82) is 0 Å². The maximum absolute atomic E-state index is 6.03. The summed E-state index contributed by atoms with van der Waals surface area (Å²) in [5.41, 5.74) is 2.81. The zero-order chi connectivity index (χ0) is 19.7. The minimum Gasteiger partial charge on any atom is -0.365 e. The van der Waals surface area contributed by atoms with Crippen LogP contribution in [0, 0.1) is 46.3 Å². The first-order valence-corrected chi connectivity index (χ1v) is 12.7. The Bertz CT molecular complexity index is 634.